The minimum Gasteiger partial charge on any atom is -0.507 e. The van der Waals surface area contributed by atoms with Crippen LogP contribution in [0.25, 0.3) is 0 Å². The van der Waals surface area contributed by atoms with Gasteiger partial charge in [-0.2, -0.15) is 5.10 Å². The summed E-state index contributed by atoms with van der Waals surface area (Å²) in [5, 5.41) is 22.6. The summed E-state index contributed by atoms with van der Waals surface area (Å²) in [6, 6.07) is 6.43. The van der Waals surface area contributed by atoms with E-state index in [2.05, 4.69) is 20.8 Å². The van der Waals surface area contributed by atoms with Crippen LogP contribution < -0.4 is 10.6 Å². The van der Waals surface area contributed by atoms with Gasteiger partial charge in [-0.1, -0.05) is 12.1 Å². The SMILES string of the molecule is O=C(Nc1n[nH]c2c1CNCC2)c1ccccc1O. The molecule has 3 rings (SSSR count). The quantitative estimate of drug-likeness (QED) is 0.647. The number of anilines is 1. The molecule has 0 saturated carbocycles. The number of para-hydroxylation sites is 1. The standard InChI is InChI=1S/C13H14N4O2/c18-11-4-2-1-3-8(11)13(19)15-12-9-7-14-6-5-10(9)16-17-12/h1-4,14,18H,5-7H2,(H2,15,16,17,19). The van der Waals surface area contributed by atoms with Gasteiger partial charge in [-0.3, -0.25) is 9.89 Å². The molecule has 0 saturated heterocycles. The van der Waals surface area contributed by atoms with E-state index in [0.717, 1.165) is 24.2 Å². The Kier molecular flexibility index (Phi) is 2.92. The number of aromatic amines is 1. The Morgan fingerprint density at radius 2 is 2.21 bits per heavy atom. The molecule has 0 bridgehead atoms. The number of nitrogens with one attached hydrogen (secondary N) is 3. The largest absolute Gasteiger partial charge is 0.507 e. The predicted octanol–water partition coefficient (Wildman–Crippen LogP) is 1.01. The summed E-state index contributed by atoms with van der Waals surface area (Å²) < 4.78 is 0. The number of hydrogen-bond acceptors (Lipinski definition) is 4. The molecule has 2 aromatic rings. The third-order valence-corrected chi connectivity index (χ3v) is 3.19. The predicted molar refractivity (Wildman–Crippen MR) is 70.1 cm³/mol. The van der Waals surface area contributed by atoms with Crippen LogP contribution in [0.15, 0.2) is 24.3 Å². The van der Waals surface area contributed by atoms with Crippen molar-refractivity contribution in [2.45, 2.75) is 13.0 Å². The lowest BCUT2D eigenvalue weighted by molar-refractivity contribution is 0.102. The van der Waals surface area contributed by atoms with Crippen molar-refractivity contribution in [3.63, 3.8) is 0 Å². The molecule has 2 heterocycles. The maximum atomic E-state index is 12.1. The fraction of sp³-hybridized carbons (Fsp3) is 0.231. The smallest absolute Gasteiger partial charge is 0.260 e. The molecule has 1 aliphatic heterocycles. The number of H-pyrrole nitrogens is 1. The van der Waals surface area contributed by atoms with Crippen molar-refractivity contribution in [3.8, 4) is 5.75 Å². The maximum absolute atomic E-state index is 12.1. The highest BCUT2D eigenvalue weighted by Gasteiger charge is 2.19. The van der Waals surface area contributed by atoms with Gasteiger partial charge in [-0.15, -0.1) is 0 Å². The number of carbonyl (C=O) groups is 1. The molecule has 1 aromatic heterocycles. The second kappa shape index (κ2) is 4.74. The molecule has 98 valence electrons. The van der Waals surface area contributed by atoms with E-state index in [9.17, 15) is 9.90 Å². The lowest BCUT2D eigenvalue weighted by atomic mass is 10.1. The summed E-state index contributed by atoms with van der Waals surface area (Å²) >= 11 is 0. The highest BCUT2D eigenvalue weighted by molar-refractivity contribution is 6.06. The molecule has 6 heteroatoms. The molecule has 1 aromatic carbocycles. The van der Waals surface area contributed by atoms with Gasteiger partial charge in [0.05, 0.1) is 5.56 Å². The van der Waals surface area contributed by atoms with Gasteiger partial charge in [0.2, 0.25) is 0 Å². The Morgan fingerprint density at radius 1 is 1.37 bits per heavy atom. The molecule has 0 unspecified atom stereocenters. The van der Waals surface area contributed by atoms with E-state index in [-0.39, 0.29) is 17.2 Å². The number of phenolic OH excluding ortho intramolecular Hbond substituents is 1. The van der Waals surface area contributed by atoms with E-state index in [1.807, 2.05) is 0 Å². The van der Waals surface area contributed by atoms with Gasteiger partial charge in [0.1, 0.15) is 5.75 Å². The molecule has 0 atom stereocenters. The topological polar surface area (TPSA) is 90.0 Å². The summed E-state index contributed by atoms with van der Waals surface area (Å²) in [6.07, 6.45) is 0.870. The molecular weight excluding hydrogens is 244 g/mol. The van der Waals surface area contributed by atoms with E-state index in [4.69, 9.17) is 0 Å². The van der Waals surface area contributed by atoms with E-state index in [1.165, 1.54) is 6.07 Å². The van der Waals surface area contributed by atoms with Crippen LogP contribution in [-0.4, -0.2) is 27.8 Å². The summed E-state index contributed by atoms with van der Waals surface area (Å²) in [7, 11) is 0. The first-order valence-corrected chi connectivity index (χ1v) is 6.12. The van der Waals surface area contributed by atoms with Gasteiger partial charge in [0.15, 0.2) is 5.82 Å². The summed E-state index contributed by atoms with van der Waals surface area (Å²) in [4.78, 5) is 12.1. The number of rotatable bonds is 2. The lowest BCUT2D eigenvalue weighted by Gasteiger charge is -2.13. The minimum absolute atomic E-state index is 0.0393. The molecule has 6 nitrogen and oxygen atoms in total. The Labute approximate surface area is 109 Å². The van der Waals surface area contributed by atoms with Crippen LogP contribution in [0, 0.1) is 0 Å². The van der Waals surface area contributed by atoms with Crippen molar-refractivity contribution in [1.29, 1.82) is 0 Å². The first-order chi connectivity index (χ1) is 9.25. The molecule has 19 heavy (non-hydrogen) atoms. The van der Waals surface area contributed by atoms with Crippen LogP contribution in [0.1, 0.15) is 21.6 Å². The van der Waals surface area contributed by atoms with Gasteiger partial charge < -0.3 is 15.7 Å². The van der Waals surface area contributed by atoms with Gasteiger partial charge in [0, 0.05) is 30.8 Å². The normalized spacial score (nSPS) is 13.9. The maximum Gasteiger partial charge on any atom is 0.260 e. The number of hydrogen-bond donors (Lipinski definition) is 4. The van der Waals surface area contributed by atoms with Crippen molar-refractivity contribution in [2.75, 3.05) is 11.9 Å². The number of benzene rings is 1. The fourth-order valence-electron chi connectivity index (χ4n) is 2.17. The number of phenols is 1. The first-order valence-electron chi connectivity index (χ1n) is 6.12. The van der Waals surface area contributed by atoms with Gasteiger partial charge in [-0.25, -0.2) is 0 Å². The number of amides is 1. The summed E-state index contributed by atoms with van der Waals surface area (Å²) in [5.74, 6) is 0.121. The molecule has 1 aliphatic rings. The zero-order valence-electron chi connectivity index (χ0n) is 10.2. The third kappa shape index (κ3) is 2.17. The van der Waals surface area contributed by atoms with Gasteiger partial charge >= 0.3 is 0 Å². The average molecular weight is 258 g/mol. The average Bonchev–Trinajstić information content (AvgIpc) is 2.83. The Balaban J connectivity index is 1.84. The molecule has 1 amide bonds. The van der Waals surface area contributed by atoms with Crippen molar-refractivity contribution in [3.05, 3.63) is 41.1 Å². The van der Waals surface area contributed by atoms with Crippen LogP contribution in [0.4, 0.5) is 5.82 Å². The highest BCUT2D eigenvalue weighted by Crippen LogP contribution is 2.22. The van der Waals surface area contributed by atoms with Crippen molar-refractivity contribution in [2.24, 2.45) is 0 Å². The van der Waals surface area contributed by atoms with E-state index in [1.54, 1.807) is 18.2 Å². The van der Waals surface area contributed by atoms with E-state index < -0.39 is 0 Å². The molecule has 0 spiro atoms. The number of carbonyl (C=O) groups excluding carboxylic acids is 1. The third-order valence-electron chi connectivity index (χ3n) is 3.19. The molecule has 0 aliphatic carbocycles. The molecule has 0 fully saturated rings. The Bertz CT molecular complexity index is 621. The molecular formula is C13H14N4O2. The monoisotopic (exact) mass is 258 g/mol. The van der Waals surface area contributed by atoms with Crippen molar-refractivity contribution < 1.29 is 9.90 Å². The minimum atomic E-state index is -0.363. The van der Waals surface area contributed by atoms with Crippen molar-refractivity contribution in [1.82, 2.24) is 15.5 Å². The van der Waals surface area contributed by atoms with Crippen molar-refractivity contribution >= 4 is 11.7 Å². The number of aromatic hydroxyl groups is 1. The van der Waals surface area contributed by atoms with E-state index in [0.29, 0.717) is 12.4 Å². The van der Waals surface area contributed by atoms with Crippen LogP contribution in [0.3, 0.4) is 0 Å². The van der Waals surface area contributed by atoms with Crippen LogP contribution in [0.5, 0.6) is 5.75 Å². The Morgan fingerprint density at radius 3 is 3.05 bits per heavy atom. The zero-order valence-corrected chi connectivity index (χ0v) is 10.2. The Hall–Kier alpha value is -2.34. The second-order valence-corrected chi connectivity index (χ2v) is 4.43. The zero-order chi connectivity index (χ0) is 13.2. The van der Waals surface area contributed by atoms with Crippen LogP contribution in [-0.2, 0) is 13.0 Å². The van der Waals surface area contributed by atoms with Gasteiger partial charge in [-0.05, 0) is 12.1 Å². The molecule has 0 radical (unpaired) electrons. The second-order valence-electron chi connectivity index (χ2n) is 4.43. The summed E-state index contributed by atoms with van der Waals surface area (Å²) in [5.41, 5.74) is 2.27. The van der Waals surface area contributed by atoms with Gasteiger partial charge in [0.25, 0.3) is 5.91 Å². The first kappa shape index (κ1) is 11.7. The molecule has 4 N–H and O–H groups in total. The number of aromatic nitrogens is 2. The highest BCUT2D eigenvalue weighted by atomic mass is 16.3. The number of fused-ring (bicyclic) bond motifs is 1. The van der Waals surface area contributed by atoms with E-state index >= 15 is 0 Å². The van der Waals surface area contributed by atoms with Crippen LogP contribution in [0.2, 0.25) is 0 Å². The summed E-state index contributed by atoms with van der Waals surface area (Å²) in [6.45, 7) is 1.59. The fourth-order valence-corrected chi connectivity index (χ4v) is 2.17. The number of nitrogens with zero attached hydrogens (tertiary/aromatic N) is 1. The lowest BCUT2D eigenvalue weighted by Crippen LogP contribution is -2.24. The van der Waals surface area contributed by atoms with Crippen LogP contribution >= 0.6 is 0 Å².